The number of likely N-dealkylation sites (tertiary alicyclic amines) is 2. The number of hydrogen-bond donors (Lipinski definition) is 1. The van der Waals surface area contributed by atoms with E-state index in [1.807, 2.05) is 0 Å². The number of piperidine rings is 2. The van der Waals surface area contributed by atoms with Gasteiger partial charge in [-0.05, 0) is 65.1 Å². The second-order valence-corrected chi connectivity index (χ2v) is 6.78. The fourth-order valence-corrected chi connectivity index (χ4v) is 4.15. The van der Waals surface area contributed by atoms with Gasteiger partial charge in [0, 0.05) is 31.2 Å². The highest BCUT2D eigenvalue weighted by atomic mass is 15.2. The zero-order valence-electron chi connectivity index (χ0n) is 12.1. The lowest BCUT2D eigenvalue weighted by molar-refractivity contribution is 0.104. The molecule has 0 bridgehead atoms. The molecule has 0 aromatic carbocycles. The monoisotopic (exact) mass is 251 g/mol. The molecule has 2 unspecified atom stereocenters. The van der Waals surface area contributed by atoms with Crippen LogP contribution in [0.4, 0.5) is 0 Å². The van der Waals surface area contributed by atoms with Crippen molar-refractivity contribution in [2.45, 2.75) is 57.7 Å². The molecule has 0 aliphatic carbocycles. The van der Waals surface area contributed by atoms with Crippen LogP contribution in [-0.4, -0.2) is 60.6 Å². The van der Waals surface area contributed by atoms with Crippen molar-refractivity contribution in [2.24, 2.45) is 5.92 Å². The molecular formula is C15H29N3. The summed E-state index contributed by atoms with van der Waals surface area (Å²) in [5.41, 5.74) is 0. The highest BCUT2D eigenvalue weighted by Crippen LogP contribution is 2.29. The molecule has 3 aliphatic heterocycles. The molecule has 0 spiro atoms. The molecule has 0 aromatic rings. The predicted molar refractivity (Wildman–Crippen MR) is 75.8 cm³/mol. The van der Waals surface area contributed by atoms with Gasteiger partial charge in [0.1, 0.15) is 0 Å². The van der Waals surface area contributed by atoms with Crippen LogP contribution in [0.1, 0.15) is 39.5 Å². The summed E-state index contributed by atoms with van der Waals surface area (Å²) in [5, 5.41) is 3.73. The van der Waals surface area contributed by atoms with Crippen molar-refractivity contribution in [3.05, 3.63) is 0 Å². The van der Waals surface area contributed by atoms with Crippen LogP contribution in [0.2, 0.25) is 0 Å². The van der Waals surface area contributed by atoms with Crippen LogP contribution < -0.4 is 5.32 Å². The third kappa shape index (κ3) is 2.59. The first-order valence-corrected chi connectivity index (χ1v) is 7.95. The van der Waals surface area contributed by atoms with E-state index in [0.717, 1.165) is 24.0 Å². The van der Waals surface area contributed by atoms with Gasteiger partial charge in [0.2, 0.25) is 0 Å². The lowest BCUT2D eigenvalue weighted by Crippen LogP contribution is -2.47. The maximum Gasteiger partial charge on any atom is 0.0235 e. The quantitative estimate of drug-likeness (QED) is 0.803. The van der Waals surface area contributed by atoms with Gasteiger partial charge in [0.25, 0.3) is 0 Å². The summed E-state index contributed by atoms with van der Waals surface area (Å²) < 4.78 is 0. The Balaban J connectivity index is 1.51. The molecule has 0 aromatic heterocycles. The molecule has 3 rings (SSSR count). The van der Waals surface area contributed by atoms with E-state index in [2.05, 4.69) is 29.0 Å². The van der Waals surface area contributed by atoms with Crippen molar-refractivity contribution in [1.29, 1.82) is 0 Å². The van der Waals surface area contributed by atoms with Crippen molar-refractivity contribution in [1.82, 2.24) is 15.1 Å². The number of nitrogens with zero attached hydrogens (tertiary/aromatic N) is 2. The van der Waals surface area contributed by atoms with E-state index >= 15 is 0 Å². The number of hydrogen-bond acceptors (Lipinski definition) is 3. The summed E-state index contributed by atoms with van der Waals surface area (Å²) in [6, 6.07) is 2.41. The molecule has 0 saturated carbocycles. The maximum atomic E-state index is 3.73. The first kappa shape index (κ1) is 12.9. The van der Waals surface area contributed by atoms with Gasteiger partial charge in [0.05, 0.1) is 0 Å². The van der Waals surface area contributed by atoms with E-state index in [1.165, 1.54) is 58.4 Å². The maximum absolute atomic E-state index is 3.73. The second kappa shape index (κ2) is 5.48. The van der Waals surface area contributed by atoms with Crippen molar-refractivity contribution in [2.75, 3.05) is 32.7 Å². The van der Waals surface area contributed by atoms with Gasteiger partial charge < -0.3 is 10.2 Å². The van der Waals surface area contributed by atoms with Gasteiger partial charge in [-0.15, -0.1) is 0 Å². The molecule has 0 radical (unpaired) electrons. The highest BCUT2D eigenvalue weighted by Gasteiger charge is 2.37. The van der Waals surface area contributed by atoms with Crippen molar-refractivity contribution in [3.63, 3.8) is 0 Å². The minimum absolute atomic E-state index is 0.730. The summed E-state index contributed by atoms with van der Waals surface area (Å²) in [6.45, 7) is 11.2. The zero-order chi connectivity index (χ0) is 12.5. The van der Waals surface area contributed by atoms with Crippen molar-refractivity contribution in [3.8, 4) is 0 Å². The van der Waals surface area contributed by atoms with Crippen LogP contribution in [0.3, 0.4) is 0 Å². The fraction of sp³-hybridized carbons (Fsp3) is 1.00. The average molecular weight is 251 g/mol. The Morgan fingerprint density at radius 3 is 2.50 bits per heavy atom. The Kier molecular flexibility index (Phi) is 3.92. The molecule has 104 valence electrons. The van der Waals surface area contributed by atoms with Gasteiger partial charge in [0.15, 0.2) is 0 Å². The van der Waals surface area contributed by atoms with Gasteiger partial charge in [-0.1, -0.05) is 0 Å². The zero-order valence-corrected chi connectivity index (χ0v) is 12.1. The Bertz CT molecular complexity index is 257. The number of nitrogens with one attached hydrogen (secondary N) is 1. The summed E-state index contributed by atoms with van der Waals surface area (Å²) in [7, 11) is 0. The summed E-state index contributed by atoms with van der Waals surface area (Å²) in [4.78, 5) is 5.43. The molecule has 3 aliphatic rings. The normalized spacial score (nSPS) is 36.2. The molecule has 3 saturated heterocycles. The SMILES string of the molecule is CC(C)N1CCC(N2CC3CCCNC3C2)CC1. The van der Waals surface area contributed by atoms with Crippen LogP contribution in [-0.2, 0) is 0 Å². The van der Waals surface area contributed by atoms with Crippen LogP contribution in [0.25, 0.3) is 0 Å². The van der Waals surface area contributed by atoms with Crippen molar-refractivity contribution >= 4 is 0 Å². The standard InChI is InChI=1S/C15H29N3/c1-12(2)17-8-5-14(6-9-17)18-10-13-4-3-7-16-15(13)11-18/h12-16H,3-11H2,1-2H3. The largest absolute Gasteiger partial charge is 0.312 e. The summed E-state index contributed by atoms with van der Waals surface area (Å²) in [6.07, 6.45) is 5.62. The van der Waals surface area contributed by atoms with E-state index in [1.54, 1.807) is 0 Å². The number of fused-ring (bicyclic) bond motifs is 1. The fourth-order valence-electron chi connectivity index (χ4n) is 4.15. The molecule has 3 heterocycles. The Morgan fingerprint density at radius 1 is 1.06 bits per heavy atom. The number of rotatable bonds is 2. The second-order valence-electron chi connectivity index (χ2n) is 6.78. The molecule has 1 N–H and O–H groups in total. The van der Waals surface area contributed by atoms with Gasteiger partial charge in [-0.3, -0.25) is 4.90 Å². The molecule has 3 fully saturated rings. The van der Waals surface area contributed by atoms with Gasteiger partial charge in [-0.2, -0.15) is 0 Å². The Labute approximate surface area is 112 Å². The van der Waals surface area contributed by atoms with E-state index in [4.69, 9.17) is 0 Å². The lowest BCUT2D eigenvalue weighted by Gasteiger charge is -2.38. The minimum atomic E-state index is 0.730. The molecule has 3 heteroatoms. The third-order valence-electron chi connectivity index (χ3n) is 5.37. The Morgan fingerprint density at radius 2 is 1.83 bits per heavy atom. The van der Waals surface area contributed by atoms with E-state index in [9.17, 15) is 0 Å². The van der Waals surface area contributed by atoms with Crippen LogP contribution in [0.5, 0.6) is 0 Å². The summed E-state index contributed by atoms with van der Waals surface area (Å²) >= 11 is 0. The topological polar surface area (TPSA) is 18.5 Å². The Hall–Kier alpha value is -0.120. The first-order chi connectivity index (χ1) is 8.74. The molecular weight excluding hydrogens is 222 g/mol. The van der Waals surface area contributed by atoms with Crippen LogP contribution in [0.15, 0.2) is 0 Å². The molecule has 2 atom stereocenters. The van der Waals surface area contributed by atoms with Crippen LogP contribution in [0, 0.1) is 5.92 Å². The lowest BCUT2D eigenvalue weighted by atomic mass is 9.94. The highest BCUT2D eigenvalue weighted by molar-refractivity contribution is 4.95. The minimum Gasteiger partial charge on any atom is -0.312 e. The van der Waals surface area contributed by atoms with Gasteiger partial charge >= 0.3 is 0 Å². The average Bonchev–Trinajstić information content (AvgIpc) is 2.82. The smallest absolute Gasteiger partial charge is 0.0235 e. The molecule has 18 heavy (non-hydrogen) atoms. The van der Waals surface area contributed by atoms with Crippen LogP contribution >= 0.6 is 0 Å². The third-order valence-corrected chi connectivity index (χ3v) is 5.37. The van der Waals surface area contributed by atoms with E-state index < -0.39 is 0 Å². The van der Waals surface area contributed by atoms with E-state index in [-0.39, 0.29) is 0 Å². The first-order valence-electron chi connectivity index (χ1n) is 7.95. The predicted octanol–water partition coefficient (Wildman–Crippen LogP) is 1.54. The van der Waals surface area contributed by atoms with E-state index in [0.29, 0.717) is 0 Å². The summed E-state index contributed by atoms with van der Waals surface area (Å²) in [5.74, 6) is 0.946. The van der Waals surface area contributed by atoms with Gasteiger partial charge in [-0.25, -0.2) is 0 Å². The molecule has 3 nitrogen and oxygen atoms in total. The molecule has 0 amide bonds. The van der Waals surface area contributed by atoms with Crippen molar-refractivity contribution < 1.29 is 0 Å².